The average molecular weight is 467 g/mol. The van der Waals surface area contributed by atoms with E-state index in [0.29, 0.717) is 5.75 Å². The third-order valence-corrected chi connectivity index (χ3v) is 4.05. The number of hydrazine groups is 1. The van der Waals surface area contributed by atoms with Crippen LogP contribution in [0, 0.1) is 17.0 Å². The highest BCUT2D eigenvalue weighted by molar-refractivity contribution is 9.10. The number of hydrogen-bond acceptors (Lipinski definition) is 6. The van der Waals surface area contributed by atoms with Crippen LogP contribution in [0.4, 0.5) is 5.69 Å². The molecular formula is C17H15BrN4O5S. The summed E-state index contributed by atoms with van der Waals surface area (Å²) in [6, 6.07) is 10.5. The largest absolute Gasteiger partial charge is 0.483 e. The molecule has 0 aromatic heterocycles. The van der Waals surface area contributed by atoms with Gasteiger partial charge in [-0.3, -0.25) is 35.9 Å². The van der Waals surface area contributed by atoms with Crippen molar-refractivity contribution in [3.05, 3.63) is 68.2 Å². The number of carbonyl (C=O) groups excluding carboxylic acids is 2. The first-order valence-electron chi connectivity index (χ1n) is 7.80. The van der Waals surface area contributed by atoms with Gasteiger partial charge in [0.1, 0.15) is 5.75 Å². The van der Waals surface area contributed by atoms with Gasteiger partial charge in [-0.2, -0.15) is 0 Å². The van der Waals surface area contributed by atoms with Crippen LogP contribution in [0.1, 0.15) is 15.9 Å². The van der Waals surface area contributed by atoms with Gasteiger partial charge < -0.3 is 4.74 Å². The number of aryl methyl sites for hydroxylation is 1. The van der Waals surface area contributed by atoms with Crippen LogP contribution in [0.3, 0.4) is 0 Å². The van der Waals surface area contributed by atoms with Crippen molar-refractivity contribution in [3.63, 3.8) is 0 Å². The van der Waals surface area contributed by atoms with Crippen molar-refractivity contribution in [3.8, 4) is 5.75 Å². The second-order valence-corrected chi connectivity index (χ2v) is 6.79. The maximum Gasteiger partial charge on any atom is 0.276 e. The summed E-state index contributed by atoms with van der Waals surface area (Å²) in [5.74, 6) is -0.619. The molecule has 0 aliphatic rings. The first-order valence-corrected chi connectivity index (χ1v) is 9.00. The molecule has 0 saturated heterocycles. The van der Waals surface area contributed by atoms with Gasteiger partial charge in [0.25, 0.3) is 17.5 Å². The number of nitrogens with one attached hydrogen (secondary N) is 3. The van der Waals surface area contributed by atoms with Gasteiger partial charge in [-0.05, 0) is 49.0 Å². The van der Waals surface area contributed by atoms with Crippen molar-refractivity contribution in [2.75, 3.05) is 6.61 Å². The van der Waals surface area contributed by atoms with Crippen LogP contribution in [-0.4, -0.2) is 28.5 Å². The van der Waals surface area contributed by atoms with Gasteiger partial charge in [0.05, 0.1) is 4.92 Å². The van der Waals surface area contributed by atoms with Gasteiger partial charge in [-0.15, -0.1) is 0 Å². The van der Waals surface area contributed by atoms with E-state index in [1.165, 1.54) is 18.2 Å². The number of nitrogens with zero attached hydrogens (tertiary/aromatic N) is 1. The number of rotatable bonds is 5. The molecule has 0 bridgehead atoms. The monoisotopic (exact) mass is 466 g/mol. The molecule has 0 fully saturated rings. The van der Waals surface area contributed by atoms with E-state index in [2.05, 4.69) is 32.1 Å². The van der Waals surface area contributed by atoms with Crippen LogP contribution >= 0.6 is 28.1 Å². The molecule has 2 aromatic rings. The highest BCUT2D eigenvalue weighted by atomic mass is 79.9. The second-order valence-electron chi connectivity index (χ2n) is 5.46. The lowest BCUT2D eigenvalue weighted by Gasteiger charge is -2.12. The minimum absolute atomic E-state index is 0.0544. The van der Waals surface area contributed by atoms with Crippen LogP contribution in [0.2, 0.25) is 0 Å². The average Bonchev–Trinajstić information content (AvgIpc) is 2.65. The maximum atomic E-state index is 12.0. The number of amides is 2. The molecule has 0 aliphatic heterocycles. The Bertz CT molecular complexity index is 938. The molecule has 2 amide bonds. The zero-order chi connectivity index (χ0) is 20.7. The molecule has 28 heavy (non-hydrogen) atoms. The smallest absolute Gasteiger partial charge is 0.276 e. The van der Waals surface area contributed by atoms with Crippen molar-refractivity contribution >= 4 is 50.8 Å². The quantitative estimate of drug-likeness (QED) is 0.351. The van der Waals surface area contributed by atoms with Gasteiger partial charge >= 0.3 is 0 Å². The Balaban J connectivity index is 1.80. The Kier molecular flexibility index (Phi) is 7.41. The molecule has 9 nitrogen and oxygen atoms in total. The van der Waals surface area contributed by atoms with Crippen molar-refractivity contribution in [1.82, 2.24) is 16.2 Å². The number of halogens is 1. The minimum Gasteiger partial charge on any atom is -0.483 e. The molecule has 146 valence electrons. The molecule has 11 heteroatoms. The van der Waals surface area contributed by atoms with Crippen LogP contribution in [0.25, 0.3) is 0 Å². The summed E-state index contributed by atoms with van der Waals surface area (Å²) in [6.07, 6.45) is 0. The standard InChI is InChI=1S/C17H15BrN4O5S/c1-10-7-12(18)5-6-14(10)27-9-15(23)20-21-17(28)19-16(24)11-3-2-4-13(8-11)22(25)26/h2-8H,9H2,1H3,(H,20,23)(H2,19,21,24,28). The van der Waals surface area contributed by atoms with Crippen molar-refractivity contribution in [2.45, 2.75) is 6.92 Å². The molecule has 0 aliphatic carbocycles. The van der Waals surface area contributed by atoms with E-state index in [9.17, 15) is 19.7 Å². The molecule has 2 rings (SSSR count). The van der Waals surface area contributed by atoms with Crippen LogP contribution in [0.15, 0.2) is 46.9 Å². The summed E-state index contributed by atoms with van der Waals surface area (Å²) in [4.78, 5) is 34.0. The van der Waals surface area contributed by atoms with Gasteiger partial charge in [0, 0.05) is 22.2 Å². The minimum atomic E-state index is -0.655. The zero-order valence-electron chi connectivity index (χ0n) is 14.5. The molecular weight excluding hydrogens is 452 g/mol. The van der Waals surface area contributed by atoms with Gasteiger partial charge in [0.15, 0.2) is 11.7 Å². The molecule has 0 atom stereocenters. The normalized spacial score (nSPS) is 9.93. The van der Waals surface area contributed by atoms with E-state index in [4.69, 9.17) is 17.0 Å². The second kappa shape index (κ2) is 9.76. The lowest BCUT2D eigenvalue weighted by Crippen LogP contribution is -2.49. The third kappa shape index (κ3) is 6.28. The highest BCUT2D eigenvalue weighted by Gasteiger charge is 2.13. The summed E-state index contributed by atoms with van der Waals surface area (Å²) >= 11 is 8.25. The predicted octanol–water partition coefficient (Wildman–Crippen LogP) is 2.38. The number of carbonyl (C=O) groups is 2. The lowest BCUT2D eigenvalue weighted by molar-refractivity contribution is -0.384. The van der Waals surface area contributed by atoms with E-state index in [1.807, 2.05) is 13.0 Å². The number of ether oxygens (including phenoxy) is 1. The summed E-state index contributed by atoms with van der Waals surface area (Å²) in [7, 11) is 0. The topological polar surface area (TPSA) is 123 Å². The fraction of sp³-hybridized carbons (Fsp3) is 0.118. The first-order chi connectivity index (χ1) is 13.3. The number of hydrogen-bond donors (Lipinski definition) is 3. The Labute approximate surface area is 173 Å². The zero-order valence-corrected chi connectivity index (χ0v) is 16.9. The van der Waals surface area contributed by atoms with E-state index >= 15 is 0 Å². The van der Waals surface area contributed by atoms with E-state index < -0.39 is 16.7 Å². The Morgan fingerprint density at radius 2 is 1.96 bits per heavy atom. The Morgan fingerprint density at radius 3 is 2.64 bits per heavy atom. The van der Waals surface area contributed by atoms with E-state index in [1.54, 1.807) is 12.1 Å². The number of nitro groups is 1. The molecule has 0 radical (unpaired) electrons. The number of nitro benzene ring substituents is 1. The molecule has 0 unspecified atom stereocenters. The molecule has 2 aromatic carbocycles. The van der Waals surface area contributed by atoms with E-state index in [-0.39, 0.29) is 23.0 Å². The van der Waals surface area contributed by atoms with Crippen molar-refractivity contribution in [2.24, 2.45) is 0 Å². The number of thiocarbonyl (C=S) groups is 1. The third-order valence-electron chi connectivity index (χ3n) is 3.36. The van der Waals surface area contributed by atoms with E-state index in [0.717, 1.165) is 16.1 Å². The predicted molar refractivity (Wildman–Crippen MR) is 109 cm³/mol. The van der Waals surface area contributed by atoms with Gasteiger partial charge in [0.2, 0.25) is 0 Å². The van der Waals surface area contributed by atoms with Crippen molar-refractivity contribution < 1.29 is 19.2 Å². The fourth-order valence-electron chi connectivity index (χ4n) is 2.05. The number of benzene rings is 2. The Hall–Kier alpha value is -3.05. The van der Waals surface area contributed by atoms with Crippen LogP contribution in [0.5, 0.6) is 5.75 Å². The molecule has 0 saturated carbocycles. The summed E-state index contributed by atoms with van der Waals surface area (Å²) in [5.41, 5.74) is 5.33. The summed E-state index contributed by atoms with van der Waals surface area (Å²) < 4.78 is 6.30. The number of non-ortho nitro benzene ring substituents is 1. The molecule has 3 N–H and O–H groups in total. The van der Waals surface area contributed by atoms with Gasteiger partial charge in [-0.1, -0.05) is 22.0 Å². The van der Waals surface area contributed by atoms with Crippen LogP contribution in [-0.2, 0) is 4.79 Å². The maximum absolute atomic E-state index is 12.0. The SMILES string of the molecule is Cc1cc(Br)ccc1OCC(=O)NNC(=S)NC(=O)c1cccc([N+](=O)[O-])c1. The molecule has 0 spiro atoms. The molecule has 0 heterocycles. The Morgan fingerprint density at radius 1 is 1.21 bits per heavy atom. The van der Waals surface area contributed by atoms with Gasteiger partial charge in [-0.25, -0.2) is 0 Å². The lowest BCUT2D eigenvalue weighted by atomic mass is 10.2. The summed E-state index contributed by atoms with van der Waals surface area (Å²) in [6.45, 7) is 1.58. The van der Waals surface area contributed by atoms with Crippen LogP contribution < -0.4 is 20.9 Å². The summed E-state index contributed by atoms with van der Waals surface area (Å²) in [5, 5.41) is 12.9. The fourth-order valence-corrected chi connectivity index (χ4v) is 2.67. The van der Waals surface area contributed by atoms with Crippen molar-refractivity contribution in [1.29, 1.82) is 0 Å². The first kappa shape index (κ1) is 21.3. The highest BCUT2D eigenvalue weighted by Crippen LogP contribution is 2.21.